The highest BCUT2D eigenvalue weighted by atomic mass is 16.5. The molecule has 6 heteroatoms. The molecule has 0 aliphatic heterocycles. The molecule has 0 saturated carbocycles. The Morgan fingerprint density at radius 1 is 1.06 bits per heavy atom. The number of aryl methyl sites for hydroxylation is 1. The molecule has 0 bridgehead atoms. The lowest BCUT2D eigenvalue weighted by atomic mass is 10.1. The maximum atomic E-state index is 13.3. The first-order valence-corrected chi connectivity index (χ1v) is 10.2. The normalized spacial score (nSPS) is 10.9. The number of carbonyl (C=O) groups is 1. The highest BCUT2D eigenvalue weighted by Crippen LogP contribution is 2.22. The van der Waals surface area contributed by atoms with Gasteiger partial charge in [-0.25, -0.2) is 4.98 Å². The summed E-state index contributed by atoms with van der Waals surface area (Å²) in [7, 11) is 0. The van der Waals surface area contributed by atoms with E-state index in [1.54, 1.807) is 17.0 Å². The van der Waals surface area contributed by atoms with E-state index in [0.717, 1.165) is 22.5 Å². The molecule has 2 aromatic heterocycles. The van der Waals surface area contributed by atoms with Gasteiger partial charge in [-0.05, 0) is 36.2 Å². The van der Waals surface area contributed by atoms with Crippen LogP contribution in [0.1, 0.15) is 27.2 Å². The van der Waals surface area contributed by atoms with Crippen LogP contribution in [0, 0.1) is 6.92 Å². The van der Waals surface area contributed by atoms with Gasteiger partial charge in [0.2, 0.25) is 0 Å². The summed E-state index contributed by atoms with van der Waals surface area (Å²) < 4.78 is 7.97. The van der Waals surface area contributed by atoms with E-state index in [9.17, 15) is 9.90 Å². The molecule has 0 aliphatic carbocycles. The molecule has 2 heterocycles. The number of ether oxygens (including phenoxy) is 1. The molecule has 31 heavy (non-hydrogen) atoms. The van der Waals surface area contributed by atoms with Gasteiger partial charge in [-0.15, -0.1) is 0 Å². The number of nitrogens with zero attached hydrogens (tertiary/aromatic N) is 3. The summed E-state index contributed by atoms with van der Waals surface area (Å²) >= 11 is 0. The third kappa shape index (κ3) is 4.75. The summed E-state index contributed by atoms with van der Waals surface area (Å²) in [5.74, 6) is 0.316. The zero-order valence-corrected chi connectivity index (χ0v) is 17.4. The van der Waals surface area contributed by atoms with E-state index in [0.29, 0.717) is 17.9 Å². The predicted molar refractivity (Wildman–Crippen MR) is 119 cm³/mol. The van der Waals surface area contributed by atoms with Crippen molar-refractivity contribution >= 4 is 11.6 Å². The lowest BCUT2D eigenvalue weighted by Crippen LogP contribution is -2.33. The van der Waals surface area contributed by atoms with E-state index in [1.807, 2.05) is 78.3 Å². The molecule has 0 fully saturated rings. The van der Waals surface area contributed by atoms with Crippen LogP contribution in [0.4, 0.5) is 0 Å². The first kappa shape index (κ1) is 20.6. The Labute approximate surface area is 181 Å². The van der Waals surface area contributed by atoms with Gasteiger partial charge in [0, 0.05) is 25.5 Å². The monoisotopic (exact) mass is 415 g/mol. The van der Waals surface area contributed by atoms with E-state index in [2.05, 4.69) is 4.98 Å². The molecule has 4 rings (SSSR count). The van der Waals surface area contributed by atoms with Crippen LogP contribution in [-0.4, -0.2) is 38.4 Å². The summed E-state index contributed by atoms with van der Waals surface area (Å²) in [6.07, 6.45) is 3.88. The number of aromatic nitrogens is 2. The summed E-state index contributed by atoms with van der Waals surface area (Å²) in [4.78, 5) is 19.5. The number of rotatable bonds is 8. The minimum absolute atomic E-state index is 0.109. The number of imidazole rings is 1. The Morgan fingerprint density at radius 2 is 1.84 bits per heavy atom. The molecule has 1 N–H and O–H groups in total. The largest absolute Gasteiger partial charge is 0.486 e. The second kappa shape index (κ2) is 9.45. The van der Waals surface area contributed by atoms with Crippen molar-refractivity contribution in [2.75, 3.05) is 13.2 Å². The second-order valence-electron chi connectivity index (χ2n) is 7.38. The van der Waals surface area contributed by atoms with Crippen LogP contribution in [0.3, 0.4) is 0 Å². The van der Waals surface area contributed by atoms with Gasteiger partial charge in [0.05, 0.1) is 17.9 Å². The fourth-order valence-electron chi connectivity index (χ4n) is 3.54. The minimum atomic E-state index is -0.181. The highest BCUT2D eigenvalue weighted by molar-refractivity contribution is 5.96. The third-order valence-electron chi connectivity index (χ3n) is 5.09. The predicted octanol–water partition coefficient (Wildman–Crippen LogP) is 3.86. The van der Waals surface area contributed by atoms with Crippen molar-refractivity contribution < 1.29 is 14.6 Å². The molecule has 158 valence electrons. The number of hydrogen-bond donors (Lipinski definition) is 1. The van der Waals surface area contributed by atoms with Crippen molar-refractivity contribution in [3.05, 3.63) is 102 Å². The van der Waals surface area contributed by atoms with Crippen LogP contribution in [0.2, 0.25) is 0 Å². The zero-order valence-electron chi connectivity index (χ0n) is 17.4. The van der Waals surface area contributed by atoms with Crippen molar-refractivity contribution in [3.63, 3.8) is 0 Å². The van der Waals surface area contributed by atoms with Crippen LogP contribution in [0.15, 0.2) is 79.1 Å². The molecule has 0 spiro atoms. The molecule has 0 atom stereocenters. The Balaban J connectivity index is 1.53. The molecule has 6 nitrogen and oxygen atoms in total. The van der Waals surface area contributed by atoms with Gasteiger partial charge in [-0.2, -0.15) is 0 Å². The van der Waals surface area contributed by atoms with Gasteiger partial charge in [0.1, 0.15) is 18.0 Å². The number of para-hydroxylation sites is 1. The third-order valence-corrected chi connectivity index (χ3v) is 5.09. The number of amides is 1. The molecule has 0 unspecified atom stereocenters. The number of aliphatic hydroxyl groups is 1. The summed E-state index contributed by atoms with van der Waals surface area (Å²) in [5, 5.41) is 9.49. The molecule has 2 aromatic carbocycles. The van der Waals surface area contributed by atoms with E-state index < -0.39 is 0 Å². The smallest absolute Gasteiger partial charge is 0.257 e. The van der Waals surface area contributed by atoms with Crippen LogP contribution in [0.5, 0.6) is 5.75 Å². The number of fused-ring (bicyclic) bond motifs is 1. The van der Waals surface area contributed by atoms with E-state index in [-0.39, 0.29) is 25.7 Å². The molecule has 0 radical (unpaired) electrons. The summed E-state index contributed by atoms with van der Waals surface area (Å²) in [5.41, 5.74) is 4.23. The second-order valence-corrected chi connectivity index (χ2v) is 7.38. The standard InChI is InChI=1S/C25H25N3O3/c1-19-8-7-13-27-17-21(26-24(19)27)18-31-23-12-6-5-11-22(23)25(30)28(14-15-29)16-20-9-3-2-4-10-20/h2-13,17,29H,14-16,18H2,1H3. The lowest BCUT2D eigenvalue weighted by molar-refractivity contribution is 0.0703. The van der Waals surface area contributed by atoms with E-state index in [1.165, 1.54) is 0 Å². The van der Waals surface area contributed by atoms with Crippen LogP contribution in [-0.2, 0) is 13.2 Å². The van der Waals surface area contributed by atoms with Gasteiger partial charge in [0.15, 0.2) is 0 Å². The van der Waals surface area contributed by atoms with Crippen molar-refractivity contribution in [3.8, 4) is 5.75 Å². The van der Waals surface area contributed by atoms with Crippen molar-refractivity contribution in [2.45, 2.75) is 20.1 Å². The van der Waals surface area contributed by atoms with Crippen LogP contribution >= 0.6 is 0 Å². The first-order chi connectivity index (χ1) is 15.2. The lowest BCUT2D eigenvalue weighted by Gasteiger charge is -2.23. The molecular weight excluding hydrogens is 390 g/mol. The number of aliphatic hydroxyl groups excluding tert-OH is 1. The zero-order chi connectivity index (χ0) is 21.6. The van der Waals surface area contributed by atoms with Gasteiger partial charge in [-0.3, -0.25) is 4.79 Å². The number of carbonyl (C=O) groups excluding carboxylic acids is 1. The molecule has 4 aromatic rings. The van der Waals surface area contributed by atoms with Crippen molar-refractivity contribution in [1.82, 2.24) is 14.3 Å². The number of hydrogen-bond acceptors (Lipinski definition) is 4. The van der Waals surface area contributed by atoms with Gasteiger partial charge < -0.3 is 19.1 Å². The van der Waals surface area contributed by atoms with Gasteiger partial charge in [-0.1, -0.05) is 48.5 Å². The Bertz CT molecular complexity index is 1170. The summed E-state index contributed by atoms with van der Waals surface area (Å²) in [6.45, 7) is 2.82. The minimum Gasteiger partial charge on any atom is -0.486 e. The molecular formula is C25H25N3O3. The van der Waals surface area contributed by atoms with E-state index >= 15 is 0 Å². The Hall–Kier alpha value is -3.64. The molecule has 1 amide bonds. The molecule has 0 saturated heterocycles. The van der Waals surface area contributed by atoms with Gasteiger partial charge >= 0.3 is 0 Å². The average molecular weight is 415 g/mol. The Morgan fingerprint density at radius 3 is 2.61 bits per heavy atom. The molecule has 0 aliphatic rings. The fourth-order valence-corrected chi connectivity index (χ4v) is 3.54. The van der Waals surface area contributed by atoms with Crippen LogP contribution in [0.25, 0.3) is 5.65 Å². The van der Waals surface area contributed by atoms with Crippen molar-refractivity contribution in [1.29, 1.82) is 0 Å². The summed E-state index contributed by atoms with van der Waals surface area (Å²) in [6, 6.07) is 20.9. The van der Waals surface area contributed by atoms with E-state index in [4.69, 9.17) is 4.74 Å². The number of pyridine rings is 1. The average Bonchev–Trinajstić information content (AvgIpc) is 3.22. The topological polar surface area (TPSA) is 67.1 Å². The van der Waals surface area contributed by atoms with Gasteiger partial charge in [0.25, 0.3) is 5.91 Å². The highest BCUT2D eigenvalue weighted by Gasteiger charge is 2.20. The first-order valence-electron chi connectivity index (χ1n) is 10.2. The van der Waals surface area contributed by atoms with Crippen molar-refractivity contribution in [2.24, 2.45) is 0 Å². The maximum absolute atomic E-state index is 13.3. The SMILES string of the molecule is Cc1cccn2cc(COc3ccccc3C(=O)N(CCO)Cc3ccccc3)nc12. The Kier molecular flexibility index (Phi) is 6.29. The van der Waals surface area contributed by atoms with Crippen LogP contribution < -0.4 is 4.74 Å². The number of benzene rings is 2. The maximum Gasteiger partial charge on any atom is 0.257 e. The fraction of sp³-hybridized carbons (Fsp3) is 0.200. The quantitative estimate of drug-likeness (QED) is 0.475.